The van der Waals surface area contributed by atoms with Crippen LogP contribution in [0.1, 0.15) is 369 Å². The first-order valence-corrected chi connectivity index (χ1v) is 40.5. The van der Waals surface area contributed by atoms with Crippen LogP contribution in [0, 0.1) is 11.8 Å². The van der Waals surface area contributed by atoms with Crippen LogP contribution in [0.5, 0.6) is 0 Å². The second-order valence-corrected chi connectivity index (χ2v) is 29.6. The summed E-state index contributed by atoms with van der Waals surface area (Å²) in [4.78, 5) is 72.5. The minimum atomic E-state index is -4.95. The molecule has 91 heavy (non-hydrogen) atoms. The average Bonchev–Trinajstić information content (AvgIpc) is 3.68. The second kappa shape index (κ2) is 64.1. The van der Waals surface area contributed by atoms with E-state index in [0.29, 0.717) is 31.6 Å². The van der Waals surface area contributed by atoms with Gasteiger partial charge < -0.3 is 33.8 Å². The van der Waals surface area contributed by atoms with Gasteiger partial charge >= 0.3 is 39.5 Å². The molecular formula is C72H140O17P2. The summed E-state index contributed by atoms with van der Waals surface area (Å²) in [6, 6.07) is 0. The zero-order valence-corrected chi connectivity index (χ0v) is 60.9. The van der Waals surface area contributed by atoms with Crippen LogP contribution in [0.25, 0.3) is 0 Å². The first-order chi connectivity index (χ1) is 43.9. The van der Waals surface area contributed by atoms with Crippen molar-refractivity contribution in [2.45, 2.75) is 387 Å². The van der Waals surface area contributed by atoms with Crippen LogP contribution < -0.4 is 0 Å². The Hall–Kier alpha value is -1.94. The normalized spacial score (nSPS) is 14.4. The molecule has 0 saturated heterocycles. The van der Waals surface area contributed by atoms with Crippen LogP contribution in [0.4, 0.5) is 0 Å². The fourth-order valence-electron chi connectivity index (χ4n) is 10.9. The fraction of sp³-hybridized carbons (Fsp3) is 0.944. The third-order valence-corrected chi connectivity index (χ3v) is 19.0. The molecule has 0 aliphatic heterocycles. The van der Waals surface area contributed by atoms with E-state index < -0.39 is 97.5 Å². The van der Waals surface area contributed by atoms with E-state index in [1.807, 2.05) is 0 Å². The summed E-state index contributed by atoms with van der Waals surface area (Å²) in [5, 5.41) is 10.6. The Morgan fingerprint density at radius 1 is 0.319 bits per heavy atom. The third kappa shape index (κ3) is 65.1. The van der Waals surface area contributed by atoms with Gasteiger partial charge in [0.15, 0.2) is 12.2 Å². The first-order valence-electron chi connectivity index (χ1n) is 37.5. The average molecular weight is 1340 g/mol. The molecule has 0 amide bonds. The number of aliphatic hydroxyl groups excluding tert-OH is 1. The van der Waals surface area contributed by atoms with E-state index >= 15 is 0 Å². The molecule has 0 aliphatic rings. The lowest BCUT2D eigenvalue weighted by Gasteiger charge is -2.21. The molecule has 0 aromatic carbocycles. The third-order valence-electron chi connectivity index (χ3n) is 17.1. The summed E-state index contributed by atoms with van der Waals surface area (Å²) in [6.45, 7) is 9.43. The SMILES string of the molecule is CCCCCCCCCCCCCCCCCCCCCC(=O)O[C@H](COC(=O)CCCCCCCCCCCCCCC)COP(=O)(O)OC[C@@H](O)COP(=O)(O)OC[C@@H](COC(=O)CCCCCCCCC(C)C)OC(=O)CCCCCCCCC(C)CC. The lowest BCUT2D eigenvalue weighted by Crippen LogP contribution is -2.30. The molecule has 0 aromatic rings. The maximum absolute atomic E-state index is 13.0. The highest BCUT2D eigenvalue weighted by Gasteiger charge is 2.30. The van der Waals surface area contributed by atoms with Gasteiger partial charge in [-0.25, -0.2) is 9.13 Å². The Balaban J connectivity index is 5.20. The van der Waals surface area contributed by atoms with Gasteiger partial charge in [-0.2, -0.15) is 0 Å². The molecule has 0 spiro atoms. The van der Waals surface area contributed by atoms with Crippen molar-refractivity contribution in [2.24, 2.45) is 11.8 Å². The van der Waals surface area contributed by atoms with E-state index in [0.717, 1.165) is 102 Å². The Labute approximate surface area is 556 Å². The van der Waals surface area contributed by atoms with Crippen LogP contribution >= 0.6 is 15.6 Å². The maximum atomic E-state index is 13.0. The van der Waals surface area contributed by atoms with Gasteiger partial charge in [-0.15, -0.1) is 0 Å². The first kappa shape index (κ1) is 89.1. The topological polar surface area (TPSA) is 237 Å². The van der Waals surface area contributed by atoms with Crippen LogP contribution in [0.15, 0.2) is 0 Å². The molecule has 0 heterocycles. The summed E-state index contributed by atoms with van der Waals surface area (Å²) < 4.78 is 68.3. The van der Waals surface area contributed by atoms with Crippen molar-refractivity contribution in [1.29, 1.82) is 0 Å². The molecule has 17 nitrogen and oxygen atoms in total. The molecule has 540 valence electrons. The van der Waals surface area contributed by atoms with Gasteiger partial charge in [0.2, 0.25) is 0 Å². The van der Waals surface area contributed by atoms with Gasteiger partial charge in [-0.05, 0) is 37.5 Å². The molecule has 0 fully saturated rings. The van der Waals surface area contributed by atoms with Gasteiger partial charge in [0.25, 0.3) is 0 Å². The van der Waals surface area contributed by atoms with Gasteiger partial charge in [-0.3, -0.25) is 37.3 Å². The number of carbonyl (C=O) groups excluding carboxylic acids is 4. The number of ether oxygens (including phenoxy) is 4. The quantitative estimate of drug-likeness (QED) is 0.0222. The van der Waals surface area contributed by atoms with E-state index in [-0.39, 0.29) is 25.7 Å². The van der Waals surface area contributed by atoms with E-state index in [4.69, 9.17) is 37.0 Å². The number of hydrogen-bond acceptors (Lipinski definition) is 15. The highest BCUT2D eigenvalue weighted by Crippen LogP contribution is 2.45. The van der Waals surface area contributed by atoms with Crippen molar-refractivity contribution >= 4 is 39.5 Å². The Morgan fingerprint density at radius 2 is 0.560 bits per heavy atom. The molecule has 19 heteroatoms. The molecule has 0 aromatic heterocycles. The predicted octanol–water partition coefficient (Wildman–Crippen LogP) is 20.8. The van der Waals surface area contributed by atoms with Crippen LogP contribution in [-0.2, 0) is 65.4 Å². The van der Waals surface area contributed by atoms with E-state index in [2.05, 4.69) is 41.5 Å². The van der Waals surface area contributed by atoms with Crippen LogP contribution in [0.2, 0.25) is 0 Å². The van der Waals surface area contributed by atoms with Crippen molar-refractivity contribution in [3.8, 4) is 0 Å². The summed E-state index contributed by atoms with van der Waals surface area (Å²) in [6.07, 6.45) is 50.2. The predicted molar refractivity (Wildman–Crippen MR) is 368 cm³/mol. The smallest absolute Gasteiger partial charge is 0.462 e. The molecule has 0 saturated carbocycles. The molecule has 3 unspecified atom stereocenters. The number of phosphoric ester groups is 2. The fourth-order valence-corrected chi connectivity index (χ4v) is 12.5. The van der Waals surface area contributed by atoms with Gasteiger partial charge in [0, 0.05) is 25.7 Å². The monoisotopic (exact) mass is 1340 g/mol. The summed E-state index contributed by atoms with van der Waals surface area (Å²) in [5.41, 5.74) is 0. The van der Waals surface area contributed by atoms with Crippen molar-refractivity contribution in [2.75, 3.05) is 39.6 Å². The molecule has 3 N–H and O–H groups in total. The van der Waals surface area contributed by atoms with Crippen LogP contribution in [-0.4, -0.2) is 96.7 Å². The summed E-state index contributed by atoms with van der Waals surface area (Å²) >= 11 is 0. The molecule has 6 atom stereocenters. The van der Waals surface area contributed by atoms with Crippen molar-refractivity contribution in [1.82, 2.24) is 0 Å². The minimum Gasteiger partial charge on any atom is -0.462 e. The van der Waals surface area contributed by atoms with Crippen molar-refractivity contribution in [3.05, 3.63) is 0 Å². The zero-order valence-electron chi connectivity index (χ0n) is 59.1. The summed E-state index contributed by atoms with van der Waals surface area (Å²) in [7, 11) is -9.90. The minimum absolute atomic E-state index is 0.102. The highest BCUT2D eigenvalue weighted by atomic mass is 31.2. The molecule has 0 radical (unpaired) electrons. The van der Waals surface area contributed by atoms with Crippen molar-refractivity contribution < 1.29 is 80.2 Å². The van der Waals surface area contributed by atoms with Crippen molar-refractivity contribution in [3.63, 3.8) is 0 Å². The number of rotatable bonds is 71. The van der Waals surface area contributed by atoms with E-state index in [9.17, 15) is 43.2 Å². The number of phosphoric acid groups is 2. The standard InChI is InChI=1S/C72H140O17P2/c1-7-10-12-14-16-18-20-22-23-24-25-26-27-29-31-33-35-44-50-56-71(76)88-67(60-82-69(74)54-48-42-34-32-30-28-21-19-17-15-13-11-8-2)62-86-90(78,79)84-58-66(73)59-85-91(80,81)87-63-68(61-83-70(75)55-49-43-38-36-40-46-52-64(4)5)89-72(77)57-51-45-39-37-41-47-53-65(6)9-3/h64-68,73H,7-63H2,1-6H3,(H,78,79)(H,80,81)/t65?,66-,67-,68-/m1/s1. The van der Waals surface area contributed by atoms with Gasteiger partial charge in [0.05, 0.1) is 26.4 Å². The molecule has 0 aliphatic carbocycles. The molecule has 0 bridgehead atoms. The number of carbonyl (C=O) groups is 4. The largest absolute Gasteiger partial charge is 0.472 e. The summed E-state index contributed by atoms with van der Waals surface area (Å²) in [5.74, 6) is -0.727. The Bertz CT molecular complexity index is 1770. The zero-order chi connectivity index (χ0) is 67.2. The maximum Gasteiger partial charge on any atom is 0.472 e. The number of aliphatic hydroxyl groups is 1. The Morgan fingerprint density at radius 3 is 0.835 bits per heavy atom. The number of esters is 4. The molecule has 0 rings (SSSR count). The van der Waals surface area contributed by atoms with E-state index in [1.54, 1.807) is 0 Å². The Kier molecular flexibility index (Phi) is 62.7. The van der Waals surface area contributed by atoms with Gasteiger partial charge in [0.1, 0.15) is 19.3 Å². The lowest BCUT2D eigenvalue weighted by atomic mass is 10.00. The van der Waals surface area contributed by atoms with Gasteiger partial charge in [-0.1, -0.05) is 318 Å². The highest BCUT2D eigenvalue weighted by molar-refractivity contribution is 7.47. The molecular weight excluding hydrogens is 1200 g/mol. The number of unbranched alkanes of at least 4 members (excludes halogenated alkanes) is 40. The second-order valence-electron chi connectivity index (χ2n) is 26.7. The van der Waals surface area contributed by atoms with Crippen LogP contribution in [0.3, 0.4) is 0 Å². The van der Waals surface area contributed by atoms with E-state index in [1.165, 1.54) is 180 Å². The lowest BCUT2D eigenvalue weighted by molar-refractivity contribution is -0.161. The number of hydrogen-bond donors (Lipinski definition) is 3.